The lowest BCUT2D eigenvalue weighted by atomic mass is 9.89. The van der Waals surface area contributed by atoms with Crippen molar-refractivity contribution in [2.24, 2.45) is 22.9 Å². The number of hydrogen-bond acceptors (Lipinski definition) is 5. The van der Waals surface area contributed by atoms with Crippen LogP contribution in [0.4, 0.5) is 0 Å². The number of benzene rings is 1. The highest BCUT2D eigenvalue weighted by Gasteiger charge is 2.24. The van der Waals surface area contributed by atoms with Gasteiger partial charge in [-0.3, -0.25) is 0 Å². The zero-order valence-corrected chi connectivity index (χ0v) is 21.7. The predicted octanol–water partition coefficient (Wildman–Crippen LogP) is 6.18. The quantitative estimate of drug-likeness (QED) is 0.239. The molecule has 3 aliphatic rings. The van der Waals surface area contributed by atoms with Crippen molar-refractivity contribution in [1.29, 1.82) is 0 Å². The minimum Gasteiger partial charge on any atom is -0.493 e. The van der Waals surface area contributed by atoms with Crippen LogP contribution < -0.4 is 4.74 Å². The van der Waals surface area contributed by atoms with E-state index in [-0.39, 0.29) is 0 Å². The van der Waals surface area contributed by atoms with Gasteiger partial charge in [0, 0.05) is 18.7 Å². The van der Waals surface area contributed by atoms with Crippen LogP contribution in [0.15, 0.2) is 23.4 Å². The molecule has 1 aliphatic heterocycles. The third-order valence-electron chi connectivity index (χ3n) is 8.14. The molecule has 1 saturated heterocycles. The normalized spacial score (nSPS) is 23.3. The first-order valence-electron chi connectivity index (χ1n) is 13.9. The Morgan fingerprint density at radius 2 is 1.76 bits per heavy atom. The summed E-state index contributed by atoms with van der Waals surface area (Å²) >= 11 is 0. The summed E-state index contributed by atoms with van der Waals surface area (Å²) in [7, 11) is 4.17. The van der Waals surface area contributed by atoms with Crippen molar-refractivity contribution in [1.82, 2.24) is 9.80 Å². The van der Waals surface area contributed by atoms with Crippen molar-refractivity contribution in [2.45, 2.75) is 83.6 Å². The number of nitrogens with zero attached hydrogens (tertiary/aromatic N) is 3. The summed E-state index contributed by atoms with van der Waals surface area (Å²) in [6.07, 6.45) is 15.6. The van der Waals surface area contributed by atoms with E-state index in [0.717, 1.165) is 60.8 Å². The average molecular weight is 470 g/mol. The van der Waals surface area contributed by atoms with Gasteiger partial charge in [-0.15, -0.1) is 0 Å². The molecule has 0 amide bonds. The Morgan fingerprint density at radius 3 is 2.50 bits per heavy atom. The molecule has 0 bridgehead atoms. The van der Waals surface area contributed by atoms with Gasteiger partial charge in [0.1, 0.15) is 5.75 Å². The van der Waals surface area contributed by atoms with Crippen LogP contribution in [0.25, 0.3) is 0 Å². The van der Waals surface area contributed by atoms with Gasteiger partial charge >= 0.3 is 0 Å². The van der Waals surface area contributed by atoms with Gasteiger partial charge in [0.25, 0.3) is 0 Å². The molecule has 5 heteroatoms. The topological polar surface area (TPSA) is 48.3 Å². The molecule has 1 N–H and O–H groups in total. The maximum Gasteiger partial charge on any atom is 0.123 e. The van der Waals surface area contributed by atoms with Crippen LogP contribution in [0.2, 0.25) is 0 Å². The van der Waals surface area contributed by atoms with Crippen molar-refractivity contribution in [3.8, 4) is 5.75 Å². The van der Waals surface area contributed by atoms with Gasteiger partial charge in [-0.05, 0) is 126 Å². The van der Waals surface area contributed by atoms with Crippen LogP contribution >= 0.6 is 0 Å². The van der Waals surface area contributed by atoms with Gasteiger partial charge in [0.2, 0.25) is 0 Å². The summed E-state index contributed by atoms with van der Waals surface area (Å²) in [6, 6.07) is 6.34. The number of ether oxygens (including phenoxy) is 1. The molecule has 5 nitrogen and oxygen atoms in total. The van der Waals surface area contributed by atoms with E-state index in [1.807, 2.05) is 0 Å². The summed E-state index contributed by atoms with van der Waals surface area (Å²) in [5.41, 5.74) is 3.03. The first-order chi connectivity index (χ1) is 16.6. The molecule has 0 aromatic heterocycles. The second-order valence-electron chi connectivity index (χ2n) is 11.5. The second kappa shape index (κ2) is 12.9. The molecule has 1 aromatic carbocycles. The summed E-state index contributed by atoms with van der Waals surface area (Å²) in [5.74, 6) is 3.38. The number of rotatable bonds is 11. The van der Waals surface area contributed by atoms with Gasteiger partial charge in [-0.1, -0.05) is 24.4 Å². The smallest absolute Gasteiger partial charge is 0.123 e. The van der Waals surface area contributed by atoms with E-state index >= 15 is 0 Å². The van der Waals surface area contributed by atoms with Crippen molar-refractivity contribution < 1.29 is 9.94 Å². The molecule has 34 heavy (non-hydrogen) atoms. The van der Waals surface area contributed by atoms with Crippen molar-refractivity contribution in [3.05, 3.63) is 29.3 Å². The molecule has 0 radical (unpaired) electrons. The first kappa shape index (κ1) is 25.5. The Hall–Kier alpha value is -1.59. The SMILES string of the molecule is CN(C)Cc1cc(/C(CCC2CCCN(CC3CCCCC3)CC2)=N\O)ccc1OCC1CC1. The summed E-state index contributed by atoms with van der Waals surface area (Å²) in [4.78, 5) is 4.91. The van der Waals surface area contributed by atoms with Gasteiger partial charge in [0.05, 0.1) is 12.3 Å². The molecule has 190 valence electrons. The summed E-state index contributed by atoms with van der Waals surface area (Å²) < 4.78 is 6.13. The summed E-state index contributed by atoms with van der Waals surface area (Å²) in [6.45, 7) is 5.48. The van der Waals surface area contributed by atoms with E-state index in [4.69, 9.17) is 4.74 Å². The Bertz CT molecular complexity index is 784. The average Bonchev–Trinajstić information content (AvgIpc) is 3.68. The number of oxime groups is 1. The molecule has 1 atom stereocenters. The fraction of sp³-hybridized carbons (Fsp3) is 0.759. The van der Waals surface area contributed by atoms with Crippen molar-refractivity contribution in [2.75, 3.05) is 40.3 Å². The monoisotopic (exact) mass is 469 g/mol. The lowest BCUT2D eigenvalue weighted by Crippen LogP contribution is -2.31. The van der Waals surface area contributed by atoms with Gasteiger partial charge in [0.15, 0.2) is 0 Å². The lowest BCUT2D eigenvalue weighted by molar-refractivity contribution is 0.204. The second-order valence-corrected chi connectivity index (χ2v) is 11.5. The standard InChI is InChI=1S/C29H47N3O2/c1-31(2)21-27-19-26(13-15-29(27)34-22-25-10-11-25)28(30-33)14-12-23-9-6-17-32(18-16-23)20-24-7-4-3-5-8-24/h13,15,19,23-25,33H,3-12,14,16-18,20-22H2,1-2H3/b30-28-. The third kappa shape index (κ3) is 7.98. The van der Waals surface area contributed by atoms with Crippen LogP contribution in [-0.2, 0) is 6.54 Å². The van der Waals surface area contributed by atoms with Gasteiger partial charge < -0.3 is 19.7 Å². The summed E-state index contributed by atoms with van der Waals surface area (Å²) in [5, 5.41) is 13.6. The Balaban J connectivity index is 1.30. The molecule has 3 fully saturated rings. The highest BCUT2D eigenvalue weighted by atomic mass is 16.5. The van der Waals surface area contributed by atoms with E-state index in [0.29, 0.717) is 0 Å². The van der Waals surface area contributed by atoms with Crippen molar-refractivity contribution in [3.63, 3.8) is 0 Å². The molecule has 2 aliphatic carbocycles. The van der Waals surface area contributed by atoms with Crippen LogP contribution in [0.5, 0.6) is 5.75 Å². The van der Waals surface area contributed by atoms with Crippen LogP contribution in [0, 0.1) is 17.8 Å². The Labute approximate surface area is 207 Å². The fourth-order valence-electron chi connectivity index (χ4n) is 5.88. The Kier molecular flexibility index (Phi) is 9.69. The van der Waals surface area contributed by atoms with E-state index in [1.54, 1.807) is 0 Å². The fourth-order valence-corrected chi connectivity index (χ4v) is 5.88. The molecule has 0 spiro atoms. The number of likely N-dealkylation sites (tertiary alicyclic amines) is 1. The molecule has 1 heterocycles. The highest BCUT2D eigenvalue weighted by molar-refractivity contribution is 6.00. The maximum absolute atomic E-state index is 9.85. The molecule has 2 saturated carbocycles. The van der Waals surface area contributed by atoms with Crippen LogP contribution in [0.3, 0.4) is 0 Å². The molecule has 1 unspecified atom stereocenters. The highest BCUT2D eigenvalue weighted by Crippen LogP contribution is 2.32. The van der Waals surface area contributed by atoms with Crippen LogP contribution in [-0.4, -0.2) is 61.1 Å². The van der Waals surface area contributed by atoms with E-state index in [1.165, 1.54) is 89.4 Å². The zero-order valence-electron chi connectivity index (χ0n) is 21.7. The first-order valence-corrected chi connectivity index (χ1v) is 13.9. The van der Waals surface area contributed by atoms with Crippen molar-refractivity contribution >= 4 is 5.71 Å². The maximum atomic E-state index is 9.85. The van der Waals surface area contributed by atoms with Gasteiger partial charge in [-0.2, -0.15) is 0 Å². The number of hydrogen-bond donors (Lipinski definition) is 1. The minimum atomic E-state index is 0.732. The predicted molar refractivity (Wildman–Crippen MR) is 140 cm³/mol. The molecule has 1 aromatic rings. The lowest BCUT2D eigenvalue weighted by Gasteiger charge is -2.28. The van der Waals surface area contributed by atoms with E-state index in [2.05, 4.69) is 47.2 Å². The zero-order chi connectivity index (χ0) is 23.8. The van der Waals surface area contributed by atoms with E-state index in [9.17, 15) is 5.21 Å². The third-order valence-corrected chi connectivity index (χ3v) is 8.14. The Morgan fingerprint density at radius 1 is 0.971 bits per heavy atom. The molecular weight excluding hydrogens is 422 g/mol. The molecular formula is C29H47N3O2. The molecule has 4 rings (SSSR count). The van der Waals surface area contributed by atoms with Crippen LogP contribution in [0.1, 0.15) is 88.2 Å². The van der Waals surface area contributed by atoms with Gasteiger partial charge in [-0.25, -0.2) is 0 Å². The largest absolute Gasteiger partial charge is 0.493 e. The minimum absolute atomic E-state index is 0.732. The van der Waals surface area contributed by atoms with E-state index < -0.39 is 0 Å².